The first kappa shape index (κ1) is 25.7. The first-order valence-electron chi connectivity index (χ1n) is 11.0. The van der Waals surface area contributed by atoms with Gasteiger partial charge in [0, 0.05) is 5.56 Å². The molecule has 11 heteroatoms. The van der Waals surface area contributed by atoms with E-state index >= 15 is 0 Å². The Hall–Kier alpha value is -4.38. The van der Waals surface area contributed by atoms with Gasteiger partial charge < -0.3 is 24.4 Å². The molecular weight excluding hydrogens is 500 g/mol. The summed E-state index contributed by atoms with van der Waals surface area (Å²) in [6, 6.07) is 8.12. The van der Waals surface area contributed by atoms with Crippen LogP contribution in [0.15, 0.2) is 42.0 Å². The second kappa shape index (κ2) is 9.94. The van der Waals surface area contributed by atoms with Gasteiger partial charge >= 0.3 is 11.9 Å². The van der Waals surface area contributed by atoms with Crippen LogP contribution in [0.3, 0.4) is 0 Å². The molecule has 0 bridgehead atoms. The number of aliphatic hydroxyl groups is 1. The van der Waals surface area contributed by atoms with Gasteiger partial charge in [0.1, 0.15) is 16.4 Å². The number of phenols is 1. The van der Waals surface area contributed by atoms with E-state index in [0.717, 1.165) is 16.2 Å². The maximum absolute atomic E-state index is 13.4. The Balaban J connectivity index is 1.98. The van der Waals surface area contributed by atoms with Crippen LogP contribution in [0.5, 0.6) is 17.2 Å². The molecular formula is C26H24N2O8S. The average Bonchev–Trinajstić information content (AvgIpc) is 3.39. The molecule has 4 rings (SSSR count). The van der Waals surface area contributed by atoms with Crippen molar-refractivity contribution in [3.63, 3.8) is 0 Å². The summed E-state index contributed by atoms with van der Waals surface area (Å²) in [7, 11) is 4.10. The molecule has 2 heterocycles. The van der Waals surface area contributed by atoms with E-state index < -0.39 is 23.7 Å². The molecule has 3 aromatic rings. The van der Waals surface area contributed by atoms with Crippen molar-refractivity contribution >= 4 is 39.9 Å². The highest BCUT2D eigenvalue weighted by Crippen LogP contribution is 2.45. The number of rotatable bonds is 6. The Morgan fingerprint density at radius 3 is 2.41 bits per heavy atom. The fourth-order valence-corrected chi connectivity index (χ4v) is 5.16. The van der Waals surface area contributed by atoms with Gasteiger partial charge in [0.25, 0.3) is 5.78 Å². The van der Waals surface area contributed by atoms with E-state index in [2.05, 4.69) is 4.98 Å². The predicted molar refractivity (Wildman–Crippen MR) is 135 cm³/mol. The molecule has 0 radical (unpaired) electrons. The van der Waals surface area contributed by atoms with Gasteiger partial charge in [-0.2, -0.15) is 0 Å². The number of anilines is 1. The second-order valence-corrected chi connectivity index (χ2v) is 9.16. The molecule has 1 fully saturated rings. The molecule has 37 heavy (non-hydrogen) atoms. The van der Waals surface area contributed by atoms with E-state index in [1.807, 2.05) is 0 Å². The van der Waals surface area contributed by atoms with Crippen LogP contribution in [0.2, 0.25) is 0 Å². The van der Waals surface area contributed by atoms with Crippen LogP contribution in [0.25, 0.3) is 5.76 Å². The van der Waals surface area contributed by atoms with Crippen molar-refractivity contribution in [3.05, 3.63) is 69.2 Å². The van der Waals surface area contributed by atoms with Gasteiger partial charge in [-0.3, -0.25) is 14.5 Å². The van der Waals surface area contributed by atoms with Gasteiger partial charge in [-0.1, -0.05) is 17.4 Å². The van der Waals surface area contributed by atoms with Crippen LogP contribution in [0, 0.1) is 13.8 Å². The van der Waals surface area contributed by atoms with E-state index in [0.29, 0.717) is 28.1 Å². The third-order valence-electron chi connectivity index (χ3n) is 6.01. The SMILES string of the molecule is COC(=O)c1sc(N2C(=O)C(=O)C(=C(O)c3ccc(OC)cc3C)[C@H]2c2ccc(O)c(OC)c2)nc1C. The third kappa shape index (κ3) is 4.38. The van der Waals surface area contributed by atoms with Crippen LogP contribution in [-0.4, -0.2) is 54.2 Å². The summed E-state index contributed by atoms with van der Waals surface area (Å²) in [6.07, 6.45) is 0. The van der Waals surface area contributed by atoms with Crippen molar-refractivity contribution in [2.24, 2.45) is 0 Å². The van der Waals surface area contributed by atoms with Crippen molar-refractivity contribution in [1.29, 1.82) is 0 Å². The number of Topliss-reactive ketones (excluding diaryl/α,β-unsaturated/α-hetero) is 1. The largest absolute Gasteiger partial charge is 0.507 e. The highest BCUT2D eigenvalue weighted by Gasteiger charge is 2.48. The van der Waals surface area contributed by atoms with Crippen molar-refractivity contribution in [3.8, 4) is 17.2 Å². The lowest BCUT2D eigenvalue weighted by atomic mass is 9.93. The maximum Gasteiger partial charge on any atom is 0.350 e. The van der Waals surface area contributed by atoms with Gasteiger partial charge in [-0.15, -0.1) is 0 Å². The molecule has 1 saturated heterocycles. The molecule has 0 aliphatic carbocycles. The van der Waals surface area contributed by atoms with Gasteiger partial charge in [0.05, 0.1) is 38.6 Å². The number of aromatic nitrogens is 1. The number of esters is 1. The molecule has 0 unspecified atom stereocenters. The van der Waals surface area contributed by atoms with Gasteiger partial charge in [-0.25, -0.2) is 9.78 Å². The topological polar surface area (TPSA) is 135 Å². The normalized spacial score (nSPS) is 16.7. The highest BCUT2D eigenvalue weighted by atomic mass is 32.1. The molecule has 1 atom stereocenters. The molecule has 192 valence electrons. The number of carbonyl (C=O) groups is 3. The molecule has 2 N–H and O–H groups in total. The summed E-state index contributed by atoms with van der Waals surface area (Å²) in [4.78, 5) is 44.6. The number of ether oxygens (including phenoxy) is 3. The zero-order valence-corrected chi connectivity index (χ0v) is 21.5. The van der Waals surface area contributed by atoms with Crippen LogP contribution >= 0.6 is 11.3 Å². The number of aromatic hydroxyl groups is 1. The van der Waals surface area contributed by atoms with Gasteiger partial charge in [0.2, 0.25) is 0 Å². The van der Waals surface area contributed by atoms with E-state index in [-0.39, 0.29) is 32.8 Å². The first-order valence-corrected chi connectivity index (χ1v) is 11.8. The van der Waals surface area contributed by atoms with Crippen LogP contribution in [-0.2, 0) is 14.3 Å². The van der Waals surface area contributed by atoms with Crippen molar-refractivity contribution in [2.45, 2.75) is 19.9 Å². The van der Waals surface area contributed by atoms with Crippen molar-refractivity contribution in [1.82, 2.24) is 4.98 Å². The summed E-state index contributed by atoms with van der Waals surface area (Å²) in [5.41, 5.74) is 1.46. The Labute approximate surface area is 216 Å². The summed E-state index contributed by atoms with van der Waals surface area (Å²) in [5, 5.41) is 21.6. The summed E-state index contributed by atoms with van der Waals surface area (Å²) in [5.74, 6) is -2.37. The summed E-state index contributed by atoms with van der Waals surface area (Å²) < 4.78 is 15.3. The minimum atomic E-state index is -1.13. The Morgan fingerprint density at radius 1 is 1.05 bits per heavy atom. The fourth-order valence-electron chi connectivity index (χ4n) is 4.15. The summed E-state index contributed by atoms with van der Waals surface area (Å²) in [6.45, 7) is 3.32. The van der Waals surface area contributed by atoms with E-state index in [1.165, 1.54) is 39.5 Å². The molecule has 1 aliphatic heterocycles. The Morgan fingerprint density at radius 2 is 1.78 bits per heavy atom. The lowest BCUT2D eigenvalue weighted by Crippen LogP contribution is -2.29. The van der Waals surface area contributed by atoms with Gasteiger partial charge in [-0.05, 0) is 55.3 Å². The molecule has 1 aromatic heterocycles. The lowest BCUT2D eigenvalue weighted by molar-refractivity contribution is -0.132. The number of hydrogen-bond acceptors (Lipinski definition) is 10. The Bertz CT molecular complexity index is 1460. The fraction of sp³-hybridized carbons (Fsp3) is 0.231. The lowest BCUT2D eigenvalue weighted by Gasteiger charge is -2.23. The molecule has 2 aromatic carbocycles. The van der Waals surface area contributed by atoms with Crippen molar-refractivity contribution in [2.75, 3.05) is 26.2 Å². The third-order valence-corrected chi connectivity index (χ3v) is 7.15. The number of nitrogens with zero attached hydrogens (tertiary/aromatic N) is 2. The summed E-state index contributed by atoms with van der Waals surface area (Å²) >= 11 is 0.890. The van der Waals surface area contributed by atoms with Crippen LogP contribution < -0.4 is 14.4 Å². The zero-order valence-electron chi connectivity index (χ0n) is 20.7. The number of methoxy groups -OCH3 is 3. The van der Waals surface area contributed by atoms with E-state index in [1.54, 1.807) is 32.0 Å². The van der Waals surface area contributed by atoms with E-state index in [9.17, 15) is 24.6 Å². The van der Waals surface area contributed by atoms with Crippen molar-refractivity contribution < 1.29 is 38.8 Å². The molecule has 0 spiro atoms. The number of hydrogen-bond donors (Lipinski definition) is 2. The van der Waals surface area contributed by atoms with Crippen LogP contribution in [0.1, 0.15) is 38.1 Å². The van der Waals surface area contributed by atoms with Crippen LogP contribution in [0.4, 0.5) is 5.13 Å². The number of aryl methyl sites for hydroxylation is 2. The molecule has 10 nitrogen and oxygen atoms in total. The molecule has 1 aliphatic rings. The minimum absolute atomic E-state index is 0.0718. The first-order chi connectivity index (χ1) is 17.6. The number of thiazole rings is 1. The molecule has 0 saturated carbocycles. The number of carbonyl (C=O) groups excluding carboxylic acids is 3. The number of ketones is 1. The van der Waals surface area contributed by atoms with Gasteiger partial charge in [0.15, 0.2) is 16.6 Å². The minimum Gasteiger partial charge on any atom is -0.507 e. The smallest absolute Gasteiger partial charge is 0.350 e. The highest BCUT2D eigenvalue weighted by molar-refractivity contribution is 7.17. The number of phenolic OH excluding ortho intramolecular Hbond substituents is 1. The monoisotopic (exact) mass is 524 g/mol. The Kier molecular flexibility index (Phi) is 6.90. The number of benzene rings is 2. The van der Waals surface area contributed by atoms with E-state index in [4.69, 9.17) is 14.2 Å². The standard InChI is InChI=1S/C26H24N2O8S/c1-12-10-15(34-3)7-8-16(12)21(30)19-20(14-6-9-17(29)18(11-14)35-4)28(24(32)22(19)31)26-27-13(2)23(37-26)25(33)36-5/h6-11,20,29-30H,1-5H3/t20-/m1/s1. The quantitative estimate of drug-likeness (QED) is 0.213. The number of amides is 1. The number of aliphatic hydroxyl groups excluding tert-OH is 1. The molecule has 1 amide bonds. The maximum atomic E-state index is 13.4. The predicted octanol–water partition coefficient (Wildman–Crippen LogP) is 3.90. The second-order valence-electron chi connectivity index (χ2n) is 8.18. The average molecular weight is 525 g/mol. The zero-order chi connectivity index (χ0) is 27.0.